The van der Waals surface area contributed by atoms with E-state index in [1.165, 1.54) is 55.7 Å². The third-order valence-electron chi connectivity index (χ3n) is 13.4. The smallest absolute Gasteiger partial charge is 0.0622 e. The van der Waals surface area contributed by atoms with Crippen molar-refractivity contribution in [3.05, 3.63) is 227 Å². The van der Waals surface area contributed by atoms with Crippen LogP contribution in [0.25, 0.3) is 77.7 Å². The van der Waals surface area contributed by atoms with E-state index in [0.717, 1.165) is 55.3 Å². The zero-order chi connectivity index (χ0) is 45.2. The summed E-state index contributed by atoms with van der Waals surface area (Å²) in [7, 11) is 0. The fourth-order valence-electron chi connectivity index (χ4n) is 10.1. The summed E-state index contributed by atoms with van der Waals surface area (Å²) < 4.78 is 15.2. The Balaban J connectivity index is 0.971. The van der Waals surface area contributed by atoms with Crippen molar-refractivity contribution in [1.29, 1.82) is 0 Å². The number of ether oxygens (including phenoxy) is 1. The number of aromatic nitrogens is 4. The Morgan fingerprint density at radius 1 is 0.567 bits per heavy atom. The van der Waals surface area contributed by atoms with Crippen LogP contribution in [-0.4, -0.2) is 18.7 Å². The summed E-state index contributed by atoms with van der Waals surface area (Å²) in [4.78, 5) is 4.95. The van der Waals surface area contributed by atoms with Crippen LogP contribution < -0.4 is 4.74 Å². The molecular formula is C61H46N4OPt-2. The van der Waals surface area contributed by atoms with Gasteiger partial charge in [0.05, 0.1) is 0 Å². The summed E-state index contributed by atoms with van der Waals surface area (Å²) in [6, 6.07) is 74.7. The first-order valence-corrected chi connectivity index (χ1v) is 24.1. The van der Waals surface area contributed by atoms with Gasteiger partial charge in [0.1, 0.15) is 0 Å². The molecule has 11 aromatic rings. The fourth-order valence-corrected chi connectivity index (χ4v) is 11.2. The van der Waals surface area contributed by atoms with Crippen LogP contribution in [0.1, 0.15) is 49.9 Å². The van der Waals surface area contributed by atoms with Crippen molar-refractivity contribution in [2.24, 2.45) is 0 Å². The molecule has 8 aromatic carbocycles. The van der Waals surface area contributed by atoms with Gasteiger partial charge in [0.25, 0.3) is 0 Å². The molecule has 0 bridgehead atoms. The molecule has 1 aliphatic carbocycles. The van der Waals surface area contributed by atoms with Gasteiger partial charge in [-0.3, -0.25) is 0 Å². The Labute approximate surface area is 401 Å². The summed E-state index contributed by atoms with van der Waals surface area (Å²) in [6.07, 6.45) is 3.84. The van der Waals surface area contributed by atoms with Gasteiger partial charge in [0, 0.05) is 6.20 Å². The van der Waals surface area contributed by atoms with Crippen LogP contribution >= 0.6 is 0 Å². The molecule has 0 N–H and O–H groups in total. The Bertz CT molecular complexity index is 3670. The summed E-state index contributed by atoms with van der Waals surface area (Å²) in [5.74, 6) is 2.15. The van der Waals surface area contributed by atoms with E-state index in [4.69, 9.17) is 9.72 Å². The van der Waals surface area contributed by atoms with Crippen LogP contribution in [-0.2, 0) is 31.2 Å². The number of hydrogen-bond acceptors (Lipinski definition) is 2. The number of nitrogens with zero attached hydrogens (tertiary/aromatic N) is 4. The Kier molecular flexibility index (Phi) is 10.1. The van der Waals surface area contributed by atoms with Gasteiger partial charge >= 0.3 is 289 Å². The van der Waals surface area contributed by atoms with E-state index in [1.54, 1.807) is 0 Å². The monoisotopic (exact) mass is 1050 g/mol. The van der Waals surface area contributed by atoms with Gasteiger partial charge in [-0.1, -0.05) is 63.2 Å². The number of pyridine rings is 1. The molecule has 0 fully saturated rings. The first-order chi connectivity index (χ1) is 32.8. The van der Waals surface area contributed by atoms with Gasteiger partial charge in [-0.25, -0.2) is 4.98 Å². The minimum absolute atomic E-state index is 0.0424. The summed E-state index contributed by atoms with van der Waals surface area (Å²) in [5, 5.41) is 2.23. The molecule has 0 amide bonds. The van der Waals surface area contributed by atoms with Crippen molar-refractivity contribution in [3.8, 4) is 56.4 Å². The normalized spacial score (nSPS) is 13.7. The quantitative estimate of drug-likeness (QED) is 0.142. The third-order valence-corrected chi connectivity index (χ3v) is 14.4. The minimum Gasteiger partial charge on any atom is -0.0622 e. The number of fused-ring (bicyclic) bond motifs is 5. The van der Waals surface area contributed by atoms with Crippen molar-refractivity contribution in [2.45, 2.75) is 45.1 Å². The number of rotatable bonds is 8. The number of imidazole rings is 1. The van der Waals surface area contributed by atoms with Crippen molar-refractivity contribution < 1.29 is 24.1 Å². The SMILES string of the molecule is CC(C)(C)c1ccnc(-n2c3[c-]c(Oc4[c-]c5c(cc4)CCC5n4[c](=[Pt])n(-c5c(-c6ccccc6)cccc5-c5ccccc5)c5ccccc54)ccc3c3cc(-c4ccccc4)ccc32)c1. The molecule has 0 aliphatic heterocycles. The maximum atomic E-state index is 6.81. The van der Waals surface area contributed by atoms with Crippen LogP contribution in [0.2, 0.25) is 0 Å². The van der Waals surface area contributed by atoms with Crippen LogP contribution in [0.5, 0.6) is 11.5 Å². The molecule has 3 heterocycles. The third kappa shape index (κ3) is 7.21. The number of para-hydroxylation sites is 3. The summed E-state index contributed by atoms with van der Waals surface area (Å²) in [6.45, 7) is 6.72. The van der Waals surface area contributed by atoms with E-state index in [0.29, 0.717) is 11.5 Å². The molecule has 67 heavy (non-hydrogen) atoms. The molecule has 0 saturated carbocycles. The van der Waals surface area contributed by atoms with Gasteiger partial charge < -0.3 is 0 Å². The average molecular weight is 1050 g/mol. The van der Waals surface area contributed by atoms with Gasteiger partial charge in [-0.2, -0.15) is 0 Å². The second kappa shape index (κ2) is 16.5. The van der Waals surface area contributed by atoms with Gasteiger partial charge in [0.15, 0.2) is 0 Å². The Hall–Kier alpha value is -7.33. The Morgan fingerprint density at radius 3 is 1.91 bits per heavy atom. The predicted octanol–water partition coefficient (Wildman–Crippen LogP) is 15.2. The summed E-state index contributed by atoms with van der Waals surface area (Å²) in [5.41, 5.74) is 16.2. The topological polar surface area (TPSA) is 36.9 Å². The van der Waals surface area contributed by atoms with Crippen molar-refractivity contribution in [1.82, 2.24) is 18.7 Å². The van der Waals surface area contributed by atoms with Gasteiger partial charge in [-0.05, 0) is 40.3 Å². The maximum absolute atomic E-state index is 6.81. The molecule has 6 heteroatoms. The molecule has 0 saturated heterocycles. The summed E-state index contributed by atoms with van der Waals surface area (Å²) >= 11 is 2.56. The van der Waals surface area contributed by atoms with Crippen LogP contribution in [0.3, 0.4) is 0 Å². The standard InChI is InChI=1S/C61H46N4O.Pt/c1-61(2,3)46-34-35-62-59(37-46)65-55-33-28-45(41-16-7-4-8-17-41)36-53(55)51-31-30-48(39-58(51)65)66-47-29-26-44-27-32-54(52(44)38-47)63-40-64(57-25-14-13-24-56(57)63)60-49(42-18-9-5-10-19-42)22-15-23-50(60)43-20-11-6-12-21-43;/h4-26,28-31,33-37,54H,27,32H2,1-3H3;/q-2;. The van der Waals surface area contributed by atoms with E-state index in [-0.39, 0.29) is 11.5 Å². The molecular weight excluding hydrogens is 1000 g/mol. The van der Waals surface area contributed by atoms with Crippen molar-refractivity contribution in [2.75, 3.05) is 0 Å². The van der Waals surface area contributed by atoms with Gasteiger partial charge in [-0.15, -0.1) is 0 Å². The molecule has 1 atom stereocenters. The van der Waals surface area contributed by atoms with E-state index < -0.39 is 0 Å². The van der Waals surface area contributed by atoms with Crippen LogP contribution in [0.15, 0.2) is 194 Å². The molecule has 3 aromatic heterocycles. The number of hydrogen-bond donors (Lipinski definition) is 0. The average Bonchev–Trinajstić information content (AvgIpc) is 4.02. The van der Waals surface area contributed by atoms with E-state index >= 15 is 0 Å². The number of aryl methyl sites for hydroxylation is 1. The molecule has 0 spiro atoms. The van der Waals surface area contributed by atoms with Crippen LogP contribution in [0.4, 0.5) is 0 Å². The minimum atomic E-state index is -0.0424. The van der Waals surface area contributed by atoms with Crippen LogP contribution in [0, 0.1) is 15.9 Å². The molecule has 0 radical (unpaired) electrons. The first kappa shape index (κ1) is 41.1. The van der Waals surface area contributed by atoms with Crippen molar-refractivity contribution >= 4 is 32.8 Å². The predicted molar refractivity (Wildman–Crippen MR) is 269 cm³/mol. The van der Waals surface area contributed by atoms with Gasteiger partial charge in [0.2, 0.25) is 0 Å². The number of benzene rings is 8. The molecule has 1 unspecified atom stereocenters. The zero-order valence-corrected chi connectivity index (χ0v) is 39.8. The second-order valence-electron chi connectivity index (χ2n) is 18.5. The van der Waals surface area contributed by atoms with E-state index in [9.17, 15) is 0 Å². The molecule has 5 nitrogen and oxygen atoms in total. The second-order valence-corrected chi connectivity index (χ2v) is 19.5. The Morgan fingerprint density at radius 2 is 1.21 bits per heavy atom. The molecule has 1 aliphatic rings. The molecule has 12 rings (SSSR count). The molecule has 328 valence electrons. The van der Waals surface area contributed by atoms with Crippen molar-refractivity contribution in [3.63, 3.8) is 0 Å². The van der Waals surface area contributed by atoms with E-state index in [1.807, 2.05) is 12.3 Å². The fraction of sp³-hybridized carbons (Fsp3) is 0.115. The zero-order valence-electron chi connectivity index (χ0n) is 37.5. The first-order valence-electron chi connectivity index (χ1n) is 23.0. The van der Waals surface area contributed by atoms with E-state index in [2.05, 4.69) is 248 Å².